The third kappa shape index (κ3) is 4.92. The second-order valence-electron chi connectivity index (χ2n) is 5.39. The molecule has 2 aromatic carbocycles. The van der Waals surface area contributed by atoms with Gasteiger partial charge in [-0.15, -0.1) is 0 Å². The number of nitro groups is 1. The fraction of sp³-hybridized carbons (Fsp3) is 0.278. The zero-order valence-electron chi connectivity index (χ0n) is 13.0. The first-order valence-corrected chi connectivity index (χ1v) is 7.42. The van der Waals surface area contributed by atoms with Crippen LogP contribution in [0.25, 0.3) is 0 Å². The number of nitrogens with zero attached hydrogens (tertiary/aromatic N) is 1. The minimum atomic E-state index is -0.367. The van der Waals surface area contributed by atoms with E-state index >= 15 is 0 Å². The predicted octanol–water partition coefficient (Wildman–Crippen LogP) is 3.40. The van der Waals surface area contributed by atoms with E-state index in [0.29, 0.717) is 17.7 Å². The lowest BCUT2D eigenvalue weighted by molar-refractivity contribution is -0.487. The molecule has 5 nitrogen and oxygen atoms in total. The van der Waals surface area contributed by atoms with Gasteiger partial charge in [-0.1, -0.05) is 48.5 Å². The molecule has 0 N–H and O–H groups in total. The topological polar surface area (TPSA) is 69.4 Å². The maximum atomic E-state index is 12.3. The molecule has 0 aliphatic carbocycles. The third-order valence-corrected chi connectivity index (χ3v) is 3.68. The Morgan fingerprint density at radius 3 is 2.43 bits per heavy atom. The molecule has 0 aromatic heterocycles. The van der Waals surface area contributed by atoms with Crippen LogP contribution >= 0.6 is 0 Å². The van der Waals surface area contributed by atoms with Crippen molar-refractivity contribution in [3.8, 4) is 5.75 Å². The first kappa shape index (κ1) is 16.7. The van der Waals surface area contributed by atoms with Gasteiger partial charge < -0.3 is 4.74 Å². The average Bonchev–Trinajstić information content (AvgIpc) is 2.55. The van der Waals surface area contributed by atoms with Gasteiger partial charge in [0.25, 0.3) is 0 Å². The Hall–Kier alpha value is -2.69. The molecule has 0 radical (unpaired) electrons. The Balaban J connectivity index is 2.14. The van der Waals surface area contributed by atoms with Crippen molar-refractivity contribution in [1.82, 2.24) is 0 Å². The van der Waals surface area contributed by atoms with Crippen molar-refractivity contribution in [2.45, 2.75) is 12.8 Å². The molecule has 2 aromatic rings. The highest BCUT2D eigenvalue weighted by atomic mass is 16.6. The van der Waals surface area contributed by atoms with E-state index in [-0.39, 0.29) is 29.6 Å². The van der Waals surface area contributed by atoms with Crippen LogP contribution in [0.1, 0.15) is 22.3 Å². The molecule has 0 aliphatic rings. The summed E-state index contributed by atoms with van der Waals surface area (Å²) in [6.45, 7) is -0.239. The summed E-state index contributed by atoms with van der Waals surface area (Å²) in [7, 11) is 1.57. The second kappa shape index (κ2) is 8.08. The van der Waals surface area contributed by atoms with Gasteiger partial charge >= 0.3 is 0 Å². The zero-order chi connectivity index (χ0) is 16.7. The number of Topliss-reactive ketones (excluding diaryl/α,β-unsaturated/α-hetero) is 1. The molecule has 0 aliphatic heterocycles. The van der Waals surface area contributed by atoms with Gasteiger partial charge in [0.15, 0.2) is 5.78 Å². The van der Waals surface area contributed by atoms with Crippen LogP contribution < -0.4 is 4.74 Å². The summed E-state index contributed by atoms with van der Waals surface area (Å²) in [5.41, 5.74) is 1.46. The number of hydrogen-bond acceptors (Lipinski definition) is 4. The minimum Gasteiger partial charge on any atom is -0.496 e. The van der Waals surface area contributed by atoms with Crippen molar-refractivity contribution >= 4 is 5.78 Å². The maximum Gasteiger partial charge on any atom is 0.207 e. The Bertz CT molecular complexity index is 670. The summed E-state index contributed by atoms with van der Waals surface area (Å²) >= 11 is 0. The van der Waals surface area contributed by atoms with E-state index in [2.05, 4.69) is 0 Å². The van der Waals surface area contributed by atoms with Crippen molar-refractivity contribution in [2.75, 3.05) is 13.7 Å². The SMILES string of the molecule is COc1ccccc1C[C@@H](CC(=O)c1ccccc1)C[N+](=O)[O-]. The Kier molecular flexibility index (Phi) is 5.86. The van der Waals surface area contributed by atoms with Crippen molar-refractivity contribution in [3.63, 3.8) is 0 Å². The van der Waals surface area contributed by atoms with E-state index in [1.54, 1.807) is 31.4 Å². The molecule has 0 saturated carbocycles. The van der Waals surface area contributed by atoms with Crippen LogP contribution in [-0.2, 0) is 6.42 Å². The fourth-order valence-corrected chi connectivity index (χ4v) is 2.60. The van der Waals surface area contributed by atoms with Gasteiger partial charge in [0, 0.05) is 22.8 Å². The summed E-state index contributed by atoms with van der Waals surface area (Å²) in [6.07, 6.45) is 0.576. The van der Waals surface area contributed by atoms with Crippen LogP contribution in [0.2, 0.25) is 0 Å². The van der Waals surface area contributed by atoms with E-state index < -0.39 is 0 Å². The summed E-state index contributed by atoms with van der Waals surface area (Å²) in [4.78, 5) is 22.9. The molecule has 0 heterocycles. The Morgan fingerprint density at radius 2 is 1.78 bits per heavy atom. The van der Waals surface area contributed by atoms with E-state index in [0.717, 1.165) is 5.56 Å². The second-order valence-corrected chi connectivity index (χ2v) is 5.39. The highest BCUT2D eigenvalue weighted by molar-refractivity contribution is 5.96. The molecule has 0 saturated heterocycles. The molecule has 5 heteroatoms. The molecule has 0 spiro atoms. The summed E-state index contributed by atoms with van der Waals surface area (Å²) in [6, 6.07) is 16.3. The van der Waals surface area contributed by atoms with Crippen molar-refractivity contribution in [3.05, 3.63) is 75.8 Å². The Labute approximate surface area is 135 Å². The predicted molar refractivity (Wildman–Crippen MR) is 87.4 cm³/mol. The van der Waals surface area contributed by atoms with Gasteiger partial charge in [0.1, 0.15) is 5.75 Å². The van der Waals surface area contributed by atoms with Crippen LogP contribution in [0.3, 0.4) is 0 Å². The molecular formula is C18H19NO4. The van der Waals surface area contributed by atoms with Crippen LogP contribution in [0.5, 0.6) is 5.75 Å². The lowest BCUT2D eigenvalue weighted by Crippen LogP contribution is -2.20. The minimum absolute atomic E-state index is 0.0765. The van der Waals surface area contributed by atoms with Gasteiger partial charge in [-0.05, 0) is 18.1 Å². The molecule has 0 unspecified atom stereocenters. The number of rotatable bonds is 8. The number of hydrogen-bond donors (Lipinski definition) is 0. The first-order chi connectivity index (χ1) is 11.1. The van der Waals surface area contributed by atoms with Crippen LogP contribution in [-0.4, -0.2) is 24.4 Å². The quantitative estimate of drug-likeness (QED) is 0.425. The van der Waals surface area contributed by atoms with Gasteiger partial charge in [-0.3, -0.25) is 14.9 Å². The van der Waals surface area contributed by atoms with Gasteiger partial charge in [0.2, 0.25) is 6.54 Å². The van der Waals surface area contributed by atoms with Crippen LogP contribution in [0, 0.1) is 16.0 Å². The smallest absolute Gasteiger partial charge is 0.207 e. The maximum absolute atomic E-state index is 12.3. The normalized spacial score (nSPS) is 11.7. The lowest BCUT2D eigenvalue weighted by Gasteiger charge is -2.14. The number of ketones is 1. The van der Waals surface area contributed by atoms with E-state index in [1.165, 1.54) is 0 Å². The highest BCUT2D eigenvalue weighted by Gasteiger charge is 2.22. The highest BCUT2D eigenvalue weighted by Crippen LogP contribution is 2.23. The largest absolute Gasteiger partial charge is 0.496 e. The number of para-hydroxylation sites is 1. The number of carbonyl (C=O) groups excluding carboxylic acids is 1. The summed E-state index contributed by atoms with van der Waals surface area (Å²) in [5, 5.41) is 10.9. The van der Waals surface area contributed by atoms with Crippen molar-refractivity contribution in [2.24, 2.45) is 5.92 Å². The number of ether oxygens (including phenoxy) is 1. The molecule has 1 atom stereocenters. The number of methoxy groups -OCH3 is 1. The molecule has 0 fully saturated rings. The van der Waals surface area contributed by atoms with Crippen molar-refractivity contribution in [1.29, 1.82) is 0 Å². The fourth-order valence-electron chi connectivity index (χ4n) is 2.60. The number of carbonyl (C=O) groups is 1. The molecule has 2 rings (SSSR count). The molecular weight excluding hydrogens is 294 g/mol. The van der Waals surface area contributed by atoms with Crippen LogP contribution in [0.4, 0.5) is 0 Å². The average molecular weight is 313 g/mol. The molecule has 0 amide bonds. The number of benzene rings is 2. The van der Waals surface area contributed by atoms with Crippen LogP contribution in [0.15, 0.2) is 54.6 Å². The van der Waals surface area contributed by atoms with Crippen molar-refractivity contribution < 1.29 is 14.5 Å². The lowest BCUT2D eigenvalue weighted by atomic mass is 9.92. The summed E-state index contributed by atoms with van der Waals surface area (Å²) in [5.74, 6) is 0.245. The standard InChI is InChI=1S/C18H19NO4/c1-23-18-10-6-5-9-16(18)11-14(13-19(21)22)12-17(20)15-7-3-2-4-8-15/h2-10,14H,11-13H2,1H3/t14-/m0/s1. The van der Waals surface area contributed by atoms with E-state index in [9.17, 15) is 14.9 Å². The van der Waals surface area contributed by atoms with Gasteiger partial charge in [0.05, 0.1) is 7.11 Å². The monoisotopic (exact) mass is 313 g/mol. The molecule has 0 bridgehead atoms. The molecule has 120 valence electrons. The van der Waals surface area contributed by atoms with Gasteiger partial charge in [-0.2, -0.15) is 0 Å². The first-order valence-electron chi connectivity index (χ1n) is 7.42. The Morgan fingerprint density at radius 1 is 1.13 bits per heavy atom. The van der Waals surface area contributed by atoms with Gasteiger partial charge in [-0.25, -0.2) is 0 Å². The van der Waals surface area contributed by atoms with E-state index in [4.69, 9.17) is 4.74 Å². The summed E-state index contributed by atoms with van der Waals surface area (Å²) < 4.78 is 5.29. The van der Waals surface area contributed by atoms with E-state index in [1.807, 2.05) is 30.3 Å². The molecule has 23 heavy (non-hydrogen) atoms. The third-order valence-electron chi connectivity index (χ3n) is 3.68. The zero-order valence-corrected chi connectivity index (χ0v) is 13.0.